The predicted octanol–water partition coefficient (Wildman–Crippen LogP) is 3.12. The zero-order chi connectivity index (χ0) is 16.0. The van der Waals surface area contributed by atoms with E-state index in [1.807, 2.05) is 12.1 Å². The van der Waals surface area contributed by atoms with E-state index < -0.39 is 0 Å². The molecule has 0 spiro atoms. The normalized spacial score (nSPS) is 13.3. The van der Waals surface area contributed by atoms with Crippen LogP contribution in [0.1, 0.15) is 0 Å². The molecule has 0 atom stereocenters. The zero-order valence-electron chi connectivity index (χ0n) is 13.2. The number of aromatic nitrogens is 1. The van der Waals surface area contributed by atoms with Gasteiger partial charge in [-0.2, -0.15) is 0 Å². The lowest BCUT2D eigenvalue weighted by atomic mass is 10.1. The summed E-state index contributed by atoms with van der Waals surface area (Å²) in [6.07, 6.45) is 0. The van der Waals surface area contributed by atoms with Crippen LogP contribution >= 0.6 is 0 Å². The zero-order valence-corrected chi connectivity index (χ0v) is 13.2. The summed E-state index contributed by atoms with van der Waals surface area (Å²) in [6.45, 7) is 1.08. The molecule has 0 amide bonds. The van der Waals surface area contributed by atoms with Gasteiger partial charge in [0, 0.05) is 11.5 Å². The number of H-pyrrole nitrogens is 1. The average molecular weight is 315 g/mol. The Kier molecular flexibility index (Phi) is 3.11. The van der Waals surface area contributed by atoms with Crippen LogP contribution in [0.4, 0.5) is 0 Å². The monoisotopic (exact) mass is 315 g/mol. The Hall–Kier alpha value is -2.76. The smallest absolute Gasteiger partial charge is 0.185 e. The van der Waals surface area contributed by atoms with Crippen molar-refractivity contribution >= 4 is 21.8 Å². The lowest BCUT2D eigenvalue weighted by Crippen LogP contribution is -2.15. The minimum Gasteiger partial charge on any atom is -0.494 e. The maximum atomic E-state index is 5.80. The molecular formula is C17H17NO5. The molecule has 0 saturated carbocycles. The van der Waals surface area contributed by atoms with Gasteiger partial charge in [0.1, 0.15) is 19.0 Å². The highest BCUT2D eigenvalue weighted by Gasteiger charge is 2.23. The van der Waals surface area contributed by atoms with Gasteiger partial charge >= 0.3 is 0 Å². The van der Waals surface area contributed by atoms with Crippen LogP contribution in [0.25, 0.3) is 21.8 Å². The number of fused-ring (bicyclic) bond motifs is 5. The third kappa shape index (κ3) is 1.87. The molecule has 0 saturated heterocycles. The van der Waals surface area contributed by atoms with Crippen molar-refractivity contribution in [2.75, 3.05) is 34.5 Å². The van der Waals surface area contributed by atoms with Crippen molar-refractivity contribution in [3.63, 3.8) is 0 Å². The van der Waals surface area contributed by atoms with Crippen LogP contribution in [-0.2, 0) is 0 Å². The molecule has 0 fully saturated rings. The first-order valence-electron chi connectivity index (χ1n) is 7.31. The van der Waals surface area contributed by atoms with E-state index in [1.54, 1.807) is 27.4 Å². The van der Waals surface area contributed by atoms with E-state index in [-0.39, 0.29) is 0 Å². The van der Waals surface area contributed by atoms with Crippen molar-refractivity contribution in [2.24, 2.45) is 0 Å². The number of ether oxygens (including phenoxy) is 5. The highest BCUT2D eigenvalue weighted by atomic mass is 16.6. The highest BCUT2D eigenvalue weighted by Crippen LogP contribution is 2.48. The highest BCUT2D eigenvalue weighted by molar-refractivity contribution is 6.15. The lowest BCUT2D eigenvalue weighted by Gasteiger charge is -2.18. The summed E-state index contributed by atoms with van der Waals surface area (Å²) in [5.41, 5.74) is 1.70. The number of methoxy groups -OCH3 is 3. The van der Waals surface area contributed by atoms with Crippen molar-refractivity contribution in [3.05, 3.63) is 18.2 Å². The van der Waals surface area contributed by atoms with Crippen molar-refractivity contribution in [2.45, 2.75) is 0 Å². The van der Waals surface area contributed by atoms with Crippen LogP contribution in [0.3, 0.4) is 0 Å². The molecule has 0 bridgehead atoms. The maximum absolute atomic E-state index is 5.80. The van der Waals surface area contributed by atoms with Gasteiger partial charge in [-0.05, 0) is 12.1 Å². The summed E-state index contributed by atoms with van der Waals surface area (Å²) in [6, 6.07) is 5.71. The minimum atomic E-state index is 0.527. The molecular weight excluding hydrogens is 298 g/mol. The number of rotatable bonds is 3. The Balaban J connectivity index is 2.16. The first-order chi connectivity index (χ1) is 11.3. The van der Waals surface area contributed by atoms with Crippen molar-refractivity contribution in [3.8, 4) is 28.7 Å². The number of nitrogens with one attached hydrogen (secondary N) is 1. The molecule has 120 valence electrons. The van der Waals surface area contributed by atoms with Gasteiger partial charge in [0.2, 0.25) is 0 Å². The van der Waals surface area contributed by atoms with E-state index in [0.29, 0.717) is 36.2 Å². The van der Waals surface area contributed by atoms with Gasteiger partial charge in [0.15, 0.2) is 23.0 Å². The molecule has 1 aliphatic rings. The van der Waals surface area contributed by atoms with Crippen molar-refractivity contribution in [1.82, 2.24) is 4.98 Å². The molecule has 3 aromatic rings. The summed E-state index contributed by atoms with van der Waals surface area (Å²) in [5.74, 6) is 3.41. The Morgan fingerprint density at radius 3 is 2.43 bits per heavy atom. The largest absolute Gasteiger partial charge is 0.494 e. The van der Waals surface area contributed by atoms with E-state index in [9.17, 15) is 0 Å². The first kappa shape index (κ1) is 13.9. The second-order valence-electron chi connectivity index (χ2n) is 5.20. The molecule has 1 N–H and O–H groups in total. The topological polar surface area (TPSA) is 61.9 Å². The summed E-state index contributed by atoms with van der Waals surface area (Å²) in [4.78, 5) is 3.39. The first-order valence-corrected chi connectivity index (χ1v) is 7.31. The van der Waals surface area contributed by atoms with Gasteiger partial charge in [0.05, 0.1) is 37.7 Å². The quantitative estimate of drug-likeness (QED) is 0.804. The third-order valence-electron chi connectivity index (χ3n) is 4.08. The van der Waals surface area contributed by atoms with Crippen molar-refractivity contribution in [1.29, 1.82) is 0 Å². The molecule has 0 aliphatic carbocycles. The Labute approximate surface area is 132 Å². The molecule has 6 nitrogen and oxygen atoms in total. The van der Waals surface area contributed by atoms with Crippen molar-refractivity contribution < 1.29 is 23.7 Å². The summed E-state index contributed by atoms with van der Waals surface area (Å²) in [7, 11) is 4.86. The fraction of sp³-hybridized carbons (Fsp3) is 0.294. The van der Waals surface area contributed by atoms with Gasteiger partial charge in [-0.1, -0.05) is 0 Å². The maximum Gasteiger partial charge on any atom is 0.185 e. The second-order valence-corrected chi connectivity index (χ2v) is 5.20. The predicted molar refractivity (Wildman–Crippen MR) is 86.5 cm³/mol. The Bertz CT molecular complexity index is 899. The fourth-order valence-electron chi connectivity index (χ4n) is 3.09. The van der Waals surface area contributed by atoms with E-state index in [1.165, 1.54) is 0 Å². The summed E-state index contributed by atoms with van der Waals surface area (Å²) < 4.78 is 28.0. The molecule has 1 aromatic heterocycles. The van der Waals surface area contributed by atoms with Gasteiger partial charge in [-0.3, -0.25) is 0 Å². The molecule has 4 rings (SSSR count). The van der Waals surface area contributed by atoms with Crippen LogP contribution in [0.5, 0.6) is 28.7 Å². The number of benzene rings is 2. The molecule has 2 aromatic carbocycles. The fourth-order valence-corrected chi connectivity index (χ4v) is 3.09. The van der Waals surface area contributed by atoms with E-state index >= 15 is 0 Å². The molecule has 2 heterocycles. The van der Waals surface area contributed by atoms with Gasteiger partial charge in [0.25, 0.3) is 0 Å². The minimum absolute atomic E-state index is 0.527. The Morgan fingerprint density at radius 2 is 1.70 bits per heavy atom. The van der Waals surface area contributed by atoms with Gasteiger partial charge in [-0.15, -0.1) is 0 Å². The molecule has 1 aliphatic heterocycles. The molecule has 23 heavy (non-hydrogen) atoms. The number of hydrogen-bond acceptors (Lipinski definition) is 5. The lowest BCUT2D eigenvalue weighted by molar-refractivity contribution is 0.173. The SMILES string of the molecule is COc1cc(OC)c2[nH]c3c4c(ccc3c2c1OC)OCCO4. The van der Waals surface area contributed by atoms with Crippen LogP contribution in [0.15, 0.2) is 18.2 Å². The van der Waals surface area contributed by atoms with Gasteiger partial charge < -0.3 is 28.7 Å². The standard InChI is InChI=1S/C17H17NO5/c1-19-11-8-12(20-2)16(21-3)13-9-4-5-10-17(23-7-6-22-10)14(9)18-15(11)13/h4-5,8,18H,6-7H2,1-3H3. The molecule has 6 heteroatoms. The second kappa shape index (κ2) is 5.15. The van der Waals surface area contributed by atoms with E-state index in [4.69, 9.17) is 23.7 Å². The molecule has 0 unspecified atom stereocenters. The average Bonchev–Trinajstić information content (AvgIpc) is 3.00. The van der Waals surface area contributed by atoms with Crippen LogP contribution < -0.4 is 23.7 Å². The van der Waals surface area contributed by atoms with Crippen LogP contribution in [0, 0.1) is 0 Å². The van der Waals surface area contributed by atoms with Gasteiger partial charge in [-0.25, -0.2) is 0 Å². The summed E-state index contributed by atoms with van der Waals surface area (Å²) in [5, 5.41) is 1.87. The molecule has 0 radical (unpaired) electrons. The summed E-state index contributed by atoms with van der Waals surface area (Å²) >= 11 is 0. The van der Waals surface area contributed by atoms with Crippen LogP contribution in [-0.4, -0.2) is 39.5 Å². The van der Waals surface area contributed by atoms with E-state index in [2.05, 4.69) is 4.98 Å². The third-order valence-corrected chi connectivity index (χ3v) is 4.08. The van der Waals surface area contributed by atoms with E-state index in [0.717, 1.165) is 27.6 Å². The number of hydrogen-bond donors (Lipinski definition) is 1. The number of aromatic amines is 1. The Morgan fingerprint density at radius 1 is 0.913 bits per heavy atom. The van der Waals surface area contributed by atoms with Crippen LogP contribution in [0.2, 0.25) is 0 Å².